The zero-order valence-corrected chi connectivity index (χ0v) is 18.9. The molecule has 2 aliphatic rings. The van der Waals surface area contributed by atoms with Crippen molar-refractivity contribution in [1.82, 2.24) is 9.97 Å². The fourth-order valence-electron chi connectivity index (χ4n) is 5.45. The Morgan fingerprint density at radius 3 is 2.34 bits per heavy atom. The molecule has 0 saturated heterocycles. The minimum atomic E-state index is 0.831. The lowest BCUT2D eigenvalue weighted by molar-refractivity contribution is 0.359. The van der Waals surface area contributed by atoms with Gasteiger partial charge in [0.25, 0.3) is 0 Å². The fourth-order valence-corrected chi connectivity index (χ4v) is 5.45. The van der Waals surface area contributed by atoms with E-state index >= 15 is 0 Å². The van der Waals surface area contributed by atoms with E-state index in [9.17, 15) is 0 Å². The van der Waals surface area contributed by atoms with Crippen LogP contribution in [-0.4, -0.2) is 29.6 Å². The van der Waals surface area contributed by atoms with E-state index in [2.05, 4.69) is 56.6 Å². The summed E-state index contributed by atoms with van der Waals surface area (Å²) in [5.41, 5.74) is 7.67. The largest absolute Gasteiger partial charge is 0.356 e. The molecule has 0 radical (unpaired) electrons. The number of anilines is 3. The molecule has 2 aromatic rings. The third-order valence-corrected chi connectivity index (χ3v) is 6.78. The van der Waals surface area contributed by atoms with E-state index in [4.69, 9.17) is 9.97 Å². The molecule has 0 bridgehead atoms. The molecule has 1 saturated carbocycles. The molecule has 4 rings (SSSR count). The van der Waals surface area contributed by atoms with E-state index in [1.807, 2.05) is 0 Å². The fraction of sp³-hybridized carbons (Fsp3) is 0.600. The van der Waals surface area contributed by atoms with Crippen LogP contribution in [0.5, 0.6) is 0 Å². The van der Waals surface area contributed by atoms with E-state index in [0.717, 1.165) is 43.6 Å². The predicted molar refractivity (Wildman–Crippen MR) is 123 cm³/mol. The summed E-state index contributed by atoms with van der Waals surface area (Å²) in [5, 5.41) is 0. The van der Waals surface area contributed by atoms with E-state index in [-0.39, 0.29) is 0 Å². The molecular formula is C25H36N4. The monoisotopic (exact) mass is 392 g/mol. The average molecular weight is 393 g/mol. The van der Waals surface area contributed by atoms with E-state index in [1.54, 1.807) is 0 Å². The number of benzene rings is 1. The van der Waals surface area contributed by atoms with Gasteiger partial charge in [0.1, 0.15) is 5.82 Å². The van der Waals surface area contributed by atoms with Crippen molar-refractivity contribution < 1.29 is 0 Å². The van der Waals surface area contributed by atoms with Crippen molar-refractivity contribution in [3.8, 4) is 0 Å². The molecule has 0 N–H and O–H groups in total. The van der Waals surface area contributed by atoms with E-state index < -0.39 is 0 Å². The highest BCUT2D eigenvalue weighted by Gasteiger charge is 2.28. The van der Waals surface area contributed by atoms with Crippen molar-refractivity contribution in [2.75, 3.05) is 29.4 Å². The van der Waals surface area contributed by atoms with Gasteiger partial charge in [-0.25, -0.2) is 4.98 Å². The molecule has 0 unspecified atom stereocenters. The molecule has 1 aromatic carbocycles. The molecule has 29 heavy (non-hydrogen) atoms. The molecule has 0 spiro atoms. The topological polar surface area (TPSA) is 32.3 Å². The molecule has 4 heteroatoms. The van der Waals surface area contributed by atoms with Crippen molar-refractivity contribution >= 4 is 17.5 Å². The van der Waals surface area contributed by atoms with Crippen molar-refractivity contribution in [2.45, 2.75) is 73.1 Å². The normalized spacial score (nSPS) is 16.9. The maximum absolute atomic E-state index is 5.15. The Bertz CT molecular complexity index is 860. The Balaban J connectivity index is 1.68. The molecule has 1 aliphatic heterocycles. The highest BCUT2D eigenvalue weighted by Crippen LogP contribution is 2.36. The van der Waals surface area contributed by atoms with Gasteiger partial charge in [0.15, 0.2) is 0 Å². The maximum atomic E-state index is 5.15. The van der Waals surface area contributed by atoms with Gasteiger partial charge in [-0.15, -0.1) is 0 Å². The first-order valence-corrected chi connectivity index (χ1v) is 11.5. The van der Waals surface area contributed by atoms with Gasteiger partial charge in [0, 0.05) is 36.6 Å². The maximum Gasteiger partial charge on any atom is 0.232 e. The van der Waals surface area contributed by atoms with Crippen LogP contribution in [0.25, 0.3) is 0 Å². The number of nitrogens with zero attached hydrogens (tertiary/aromatic N) is 4. The summed E-state index contributed by atoms with van der Waals surface area (Å²) in [6, 6.07) is 4.53. The summed E-state index contributed by atoms with van der Waals surface area (Å²) in [4.78, 5) is 15.0. The summed E-state index contributed by atoms with van der Waals surface area (Å²) in [7, 11) is 0. The number of rotatable bonds is 5. The van der Waals surface area contributed by atoms with Crippen molar-refractivity contribution in [2.24, 2.45) is 5.92 Å². The van der Waals surface area contributed by atoms with Crippen molar-refractivity contribution in [3.05, 3.63) is 40.1 Å². The van der Waals surface area contributed by atoms with Gasteiger partial charge in [-0.2, -0.15) is 4.98 Å². The van der Waals surface area contributed by atoms with Gasteiger partial charge in [0.05, 0.1) is 0 Å². The quantitative estimate of drug-likeness (QED) is 0.642. The second-order valence-corrected chi connectivity index (χ2v) is 9.10. The number of aryl methyl sites for hydroxylation is 4. The molecule has 2 heterocycles. The Kier molecular flexibility index (Phi) is 5.80. The summed E-state index contributed by atoms with van der Waals surface area (Å²) >= 11 is 0. The lowest BCUT2D eigenvalue weighted by Crippen LogP contribution is -2.30. The zero-order chi connectivity index (χ0) is 20.5. The van der Waals surface area contributed by atoms with Gasteiger partial charge >= 0.3 is 0 Å². The van der Waals surface area contributed by atoms with Crippen LogP contribution in [0.3, 0.4) is 0 Å². The summed E-state index contributed by atoms with van der Waals surface area (Å²) in [6.07, 6.45) is 8.06. The highest BCUT2D eigenvalue weighted by atomic mass is 15.3. The van der Waals surface area contributed by atoms with Gasteiger partial charge in [-0.1, -0.05) is 37.0 Å². The Labute approximate surface area is 176 Å². The van der Waals surface area contributed by atoms with Gasteiger partial charge < -0.3 is 9.80 Å². The van der Waals surface area contributed by atoms with Crippen LogP contribution >= 0.6 is 0 Å². The molecular weight excluding hydrogens is 356 g/mol. The highest BCUT2D eigenvalue weighted by molar-refractivity contribution is 5.68. The Morgan fingerprint density at radius 1 is 1.00 bits per heavy atom. The zero-order valence-electron chi connectivity index (χ0n) is 18.9. The first kappa shape index (κ1) is 20.2. The first-order valence-electron chi connectivity index (χ1n) is 11.5. The summed E-state index contributed by atoms with van der Waals surface area (Å²) in [6.45, 7) is 14.1. The van der Waals surface area contributed by atoms with Crippen molar-refractivity contribution in [3.63, 3.8) is 0 Å². The van der Waals surface area contributed by atoms with Gasteiger partial charge in [-0.3, -0.25) is 0 Å². The van der Waals surface area contributed by atoms with Crippen LogP contribution in [0, 0.1) is 33.6 Å². The smallest absolute Gasteiger partial charge is 0.232 e. The first-order chi connectivity index (χ1) is 14.0. The van der Waals surface area contributed by atoms with Crippen molar-refractivity contribution in [1.29, 1.82) is 0 Å². The number of hydrogen-bond acceptors (Lipinski definition) is 4. The SMILES string of the molecule is CCN(c1nc(C)c2c(n1)N(CC1CCCCC1)CC2)c1c(C)cc(C)cc1C. The molecule has 1 aliphatic carbocycles. The number of hydrogen-bond donors (Lipinski definition) is 0. The minimum Gasteiger partial charge on any atom is -0.356 e. The molecule has 1 aromatic heterocycles. The van der Waals surface area contributed by atoms with Crippen LogP contribution in [0.2, 0.25) is 0 Å². The Hall–Kier alpha value is -2.10. The number of aromatic nitrogens is 2. The van der Waals surface area contributed by atoms with Crippen LogP contribution in [-0.2, 0) is 6.42 Å². The second-order valence-electron chi connectivity index (χ2n) is 9.10. The minimum absolute atomic E-state index is 0.831. The van der Waals surface area contributed by atoms with E-state index in [0.29, 0.717) is 0 Å². The summed E-state index contributed by atoms with van der Waals surface area (Å²) in [5.74, 6) is 2.88. The third kappa shape index (κ3) is 3.99. The molecule has 156 valence electrons. The molecule has 4 nitrogen and oxygen atoms in total. The standard InChI is InChI=1S/C25H36N4/c1-6-29(23-18(3)14-17(2)15-19(23)4)25-26-20(5)22-12-13-28(24(22)27-25)16-21-10-8-7-9-11-21/h14-15,21H,6-13,16H2,1-5H3. The molecule has 0 atom stereocenters. The van der Waals surface area contributed by atoms with Gasteiger partial charge in [-0.05, 0) is 70.9 Å². The third-order valence-electron chi connectivity index (χ3n) is 6.78. The lowest BCUT2D eigenvalue weighted by atomic mass is 9.89. The lowest BCUT2D eigenvalue weighted by Gasteiger charge is -2.29. The van der Waals surface area contributed by atoms with Crippen LogP contribution in [0.15, 0.2) is 12.1 Å². The number of fused-ring (bicyclic) bond motifs is 1. The summed E-state index contributed by atoms with van der Waals surface area (Å²) < 4.78 is 0. The molecule has 0 amide bonds. The molecule has 1 fully saturated rings. The van der Waals surface area contributed by atoms with E-state index in [1.165, 1.54) is 65.9 Å². The average Bonchev–Trinajstić information content (AvgIpc) is 3.08. The van der Waals surface area contributed by atoms with Crippen LogP contribution in [0.4, 0.5) is 17.5 Å². The Morgan fingerprint density at radius 2 is 1.69 bits per heavy atom. The van der Waals surface area contributed by atoms with Crippen LogP contribution < -0.4 is 9.80 Å². The predicted octanol–water partition coefficient (Wildman–Crippen LogP) is 5.81. The second kappa shape index (κ2) is 8.33. The van der Waals surface area contributed by atoms with Crippen LogP contribution in [0.1, 0.15) is 67.0 Å². The van der Waals surface area contributed by atoms with Gasteiger partial charge in [0.2, 0.25) is 5.95 Å².